The zero-order valence-corrected chi connectivity index (χ0v) is 15.2. The minimum absolute atomic E-state index is 0.100. The van der Waals surface area contributed by atoms with Crippen LogP contribution in [0.25, 0.3) is 0 Å². The van der Waals surface area contributed by atoms with Gasteiger partial charge in [0, 0.05) is 29.9 Å². The molecule has 20 heavy (non-hydrogen) atoms. The van der Waals surface area contributed by atoms with Crippen LogP contribution in [0.4, 0.5) is 5.13 Å². The zero-order chi connectivity index (χ0) is 15.5. The van der Waals surface area contributed by atoms with Crippen LogP contribution >= 0.6 is 11.3 Å². The Balaban J connectivity index is 3.01. The van der Waals surface area contributed by atoms with Crippen molar-refractivity contribution in [3.8, 4) is 0 Å². The molecule has 0 bridgehead atoms. The predicted octanol–water partition coefficient (Wildman–Crippen LogP) is 4.03. The van der Waals surface area contributed by atoms with Gasteiger partial charge in [-0.05, 0) is 26.3 Å². The Bertz CT molecular complexity index is 418. The minimum Gasteiger partial charge on any atom is -0.348 e. The number of anilines is 1. The maximum Gasteiger partial charge on any atom is 0.185 e. The van der Waals surface area contributed by atoms with E-state index in [1.807, 2.05) is 18.4 Å². The van der Waals surface area contributed by atoms with Crippen molar-refractivity contribution >= 4 is 16.5 Å². The van der Waals surface area contributed by atoms with Gasteiger partial charge in [-0.25, -0.2) is 4.98 Å². The second-order valence-electron chi connectivity index (χ2n) is 7.14. The Morgan fingerprint density at radius 2 is 1.85 bits per heavy atom. The molecule has 1 atom stereocenters. The quantitative estimate of drug-likeness (QED) is 0.859. The average molecular weight is 298 g/mol. The highest BCUT2D eigenvalue weighted by Crippen LogP contribution is 2.34. The molecule has 1 rings (SSSR count). The summed E-state index contributed by atoms with van der Waals surface area (Å²) in [6.45, 7) is 14.5. The summed E-state index contributed by atoms with van der Waals surface area (Å²) >= 11 is 1.83. The molecule has 0 aliphatic carbocycles. The first-order chi connectivity index (χ1) is 9.16. The lowest BCUT2D eigenvalue weighted by Crippen LogP contribution is -2.30. The summed E-state index contributed by atoms with van der Waals surface area (Å²) in [5.41, 5.74) is 1.33. The van der Waals surface area contributed by atoms with Crippen molar-refractivity contribution in [2.45, 2.75) is 66.0 Å². The summed E-state index contributed by atoms with van der Waals surface area (Å²) in [5.74, 6) is 0.714. The summed E-state index contributed by atoms with van der Waals surface area (Å²) in [5, 5.41) is 4.41. The van der Waals surface area contributed by atoms with E-state index in [0.29, 0.717) is 12.0 Å². The van der Waals surface area contributed by atoms with Crippen LogP contribution in [-0.4, -0.2) is 25.1 Å². The van der Waals surface area contributed by atoms with E-state index in [0.717, 1.165) is 11.7 Å². The largest absolute Gasteiger partial charge is 0.348 e. The standard InChI is InChI=1S/C16H31N3S/c1-11(2)9-12(3)19(8)15-18-14(16(4,5)6)13(20-15)10-17-7/h11-12,17H,9-10H2,1-8H3. The van der Waals surface area contributed by atoms with Crippen molar-refractivity contribution in [1.82, 2.24) is 10.3 Å². The summed E-state index contributed by atoms with van der Waals surface area (Å²) in [7, 11) is 4.17. The molecule has 0 saturated carbocycles. The number of nitrogens with one attached hydrogen (secondary N) is 1. The molecule has 0 fully saturated rings. The van der Waals surface area contributed by atoms with Gasteiger partial charge in [0.1, 0.15) is 0 Å². The molecule has 0 amide bonds. The fourth-order valence-corrected chi connectivity index (χ4v) is 3.73. The Morgan fingerprint density at radius 3 is 2.30 bits per heavy atom. The Kier molecular flexibility index (Phi) is 6.02. The SMILES string of the molecule is CNCc1sc(N(C)C(C)CC(C)C)nc1C(C)(C)C. The van der Waals surface area contributed by atoms with E-state index < -0.39 is 0 Å². The first kappa shape index (κ1) is 17.4. The van der Waals surface area contributed by atoms with Gasteiger partial charge in [-0.3, -0.25) is 0 Å². The molecule has 0 aromatic carbocycles. The van der Waals surface area contributed by atoms with Crippen LogP contribution in [-0.2, 0) is 12.0 Å². The third kappa shape index (κ3) is 4.45. The molecule has 3 nitrogen and oxygen atoms in total. The lowest BCUT2D eigenvalue weighted by atomic mass is 9.91. The van der Waals surface area contributed by atoms with E-state index in [1.54, 1.807) is 0 Å². The topological polar surface area (TPSA) is 28.2 Å². The third-order valence-electron chi connectivity index (χ3n) is 3.51. The normalized spacial score (nSPS) is 13.8. The maximum absolute atomic E-state index is 4.93. The van der Waals surface area contributed by atoms with Crippen LogP contribution in [0.5, 0.6) is 0 Å². The van der Waals surface area contributed by atoms with Crippen molar-refractivity contribution < 1.29 is 0 Å². The van der Waals surface area contributed by atoms with Gasteiger partial charge in [0.15, 0.2) is 5.13 Å². The van der Waals surface area contributed by atoms with Gasteiger partial charge in [-0.15, -0.1) is 11.3 Å². The van der Waals surface area contributed by atoms with E-state index in [4.69, 9.17) is 4.98 Å². The molecule has 0 spiro atoms. The average Bonchev–Trinajstić information content (AvgIpc) is 2.71. The monoisotopic (exact) mass is 297 g/mol. The molecule has 1 heterocycles. The third-order valence-corrected chi connectivity index (χ3v) is 4.66. The highest BCUT2D eigenvalue weighted by Gasteiger charge is 2.25. The minimum atomic E-state index is 0.100. The van der Waals surface area contributed by atoms with Crippen LogP contribution in [0, 0.1) is 5.92 Å². The Morgan fingerprint density at radius 1 is 1.25 bits per heavy atom. The van der Waals surface area contributed by atoms with Crippen molar-refractivity contribution in [2.75, 3.05) is 19.0 Å². The van der Waals surface area contributed by atoms with Gasteiger partial charge >= 0.3 is 0 Å². The van der Waals surface area contributed by atoms with Crippen molar-refractivity contribution in [3.05, 3.63) is 10.6 Å². The number of hydrogen-bond acceptors (Lipinski definition) is 4. The maximum atomic E-state index is 4.93. The predicted molar refractivity (Wildman–Crippen MR) is 90.9 cm³/mol. The fourth-order valence-electron chi connectivity index (χ4n) is 2.39. The first-order valence-corrected chi connectivity index (χ1v) is 8.36. The number of rotatable bonds is 6. The van der Waals surface area contributed by atoms with Gasteiger partial charge in [0.2, 0.25) is 0 Å². The highest BCUT2D eigenvalue weighted by atomic mass is 32.1. The fraction of sp³-hybridized carbons (Fsp3) is 0.812. The van der Waals surface area contributed by atoms with Crippen LogP contribution in [0.1, 0.15) is 58.5 Å². The molecule has 1 aromatic heterocycles. The molecular weight excluding hydrogens is 266 g/mol. The van der Waals surface area contributed by atoms with Gasteiger partial charge in [-0.1, -0.05) is 34.6 Å². The lowest BCUT2D eigenvalue weighted by molar-refractivity contribution is 0.502. The Hall–Kier alpha value is -0.610. The Labute approximate surface area is 128 Å². The summed E-state index contributed by atoms with van der Waals surface area (Å²) in [6.07, 6.45) is 1.20. The molecule has 0 saturated heterocycles. The zero-order valence-electron chi connectivity index (χ0n) is 14.4. The molecule has 4 heteroatoms. The van der Waals surface area contributed by atoms with Crippen LogP contribution in [0.15, 0.2) is 0 Å². The molecule has 0 radical (unpaired) electrons. The first-order valence-electron chi connectivity index (χ1n) is 7.54. The van der Waals surface area contributed by atoms with E-state index in [1.165, 1.54) is 17.0 Å². The highest BCUT2D eigenvalue weighted by molar-refractivity contribution is 7.15. The summed E-state index contributed by atoms with van der Waals surface area (Å²) in [4.78, 5) is 8.63. The molecule has 116 valence electrons. The van der Waals surface area contributed by atoms with Crippen LogP contribution in [0.3, 0.4) is 0 Å². The second-order valence-corrected chi connectivity index (χ2v) is 8.20. The molecule has 1 unspecified atom stereocenters. The van der Waals surface area contributed by atoms with Gasteiger partial charge in [-0.2, -0.15) is 0 Å². The van der Waals surface area contributed by atoms with Crippen LogP contribution in [0.2, 0.25) is 0 Å². The molecule has 1 N–H and O–H groups in total. The molecule has 1 aromatic rings. The van der Waals surface area contributed by atoms with E-state index in [9.17, 15) is 0 Å². The van der Waals surface area contributed by atoms with Crippen molar-refractivity contribution in [3.63, 3.8) is 0 Å². The summed E-state index contributed by atoms with van der Waals surface area (Å²) < 4.78 is 0. The molecular formula is C16H31N3S. The lowest BCUT2D eigenvalue weighted by Gasteiger charge is -2.26. The van der Waals surface area contributed by atoms with Crippen LogP contribution < -0.4 is 10.2 Å². The second kappa shape index (κ2) is 6.90. The van der Waals surface area contributed by atoms with Gasteiger partial charge in [0.05, 0.1) is 5.69 Å². The smallest absolute Gasteiger partial charge is 0.185 e. The van der Waals surface area contributed by atoms with Gasteiger partial charge < -0.3 is 10.2 Å². The van der Waals surface area contributed by atoms with E-state index in [2.05, 4.69) is 58.8 Å². The van der Waals surface area contributed by atoms with E-state index >= 15 is 0 Å². The molecule has 0 aliphatic rings. The number of nitrogens with zero attached hydrogens (tertiary/aromatic N) is 2. The van der Waals surface area contributed by atoms with Gasteiger partial charge in [0.25, 0.3) is 0 Å². The van der Waals surface area contributed by atoms with E-state index in [-0.39, 0.29) is 5.41 Å². The number of aromatic nitrogens is 1. The number of thiazole rings is 1. The van der Waals surface area contributed by atoms with Crippen molar-refractivity contribution in [2.24, 2.45) is 5.92 Å². The van der Waals surface area contributed by atoms with Crippen molar-refractivity contribution in [1.29, 1.82) is 0 Å². The number of hydrogen-bond donors (Lipinski definition) is 1. The molecule has 0 aliphatic heterocycles. The summed E-state index contributed by atoms with van der Waals surface area (Å²) in [6, 6.07) is 0.524.